The van der Waals surface area contributed by atoms with Crippen molar-refractivity contribution < 1.29 is 4.74 Å². The minimum atomic E-state index is 0.831. The normalized spacial score (nSPS) is 11.1. The molecule has 0 amide bonds. The predicted octanol–water partition coefficient (Wildman–Crippen LogP) is 2.52. The summed E-state index contributed by atoms with van der Waals surface area (Å²) >= 11 is 3.43. The second kappa shape index (κ2) is 10.5. The van der Waals surface area contributed by atoms with Crippen LogP contribution >= 0.6 is 15.9 Å². The Bertz CT molecular complexity index is 101. The van der Waals surface area contributed by atoms with Crippen LogP contribution in [0.1, 0.15) is 26.2 Å². The van der Waals surface area contributed by atoms with E-state index in [4.69, 9.17) is 4.74 Å². The highest BCUT2D eigenvalue weighted by atomic mass is 79.9. The number of halogens is 1. The van der Waals surface area contributed by atoms with Crippen LogP contribution in [0.5, 0.6) is 0 Å². The van der Waals surface area contributed by atoms with Gasteiger partial charge in [-0.25, -0.2) is 0 Å². The number of hydrogen-bond donors (Lipinski definition) is 0. The van der Waals surface area contributed by atoms with E-state index < -0.39 is 0 Å². The van der Waals surface area contributed by atoms with E-state index >= 15 is 0 Å². The van der Waals surface area contributed by atoms with Gasteiger partial charge in [0.05, 0.1) is 6.61 Å². The maximum atomic E-state index is 5.28. The Hall–Kier alpha value is 0.400. The molecule has 0 spiro atoms. The third kappa shape index (κ3) is 10.3. The number of likely N-dealkylation sites (N-methyl/N-ethyl adjacent to an activating group) is 1. The maximum Gasteiger partial charge on any atom is 0.0593 e. The van der Waals surface area contributed by atoms with E-state index in [0.29, 0.717) is 0 Å². The van der Waals surface area contributed by atoms with E-state index in [2.05, 4.69) is 27.9 Å². The van der Waals surface area contributed by atoms with Gasteiger partial charge in [0.25, 0.3) is 0 Å². The van der Waals surface area contributed by atoms with Crippen LogP contribution in [-0.2, 0) is 4.74 Å². The molecular formula is C10H22BrNO. The SMILES string of the molecule is CCOCCN(C)CCCCCBr. The predicted molar refractivity (Wildman–Crippen MR) is 61.6 cm³/mol. The Balaban J connectivity index is 3.05. The average Bonchev–Trinajstić information content (AvgIpc) is 2.13. The third-order valence-corrected chi connectivity index (χ3v) is 2.56. The van der Waals surface area contributed by atoms with E-state index in [9.17, 15) is 0 Å². The zero-order chi connectivity index (χ0) is 9.94. The molecule has 0 atom stereocenters. The summed E-state index contributed by atoms with van der Waals surface area (Å²) in [5, 5.41) is 1.13. The van der Waals surface area contributed by atoms with Crippen molar-refractivity contribution in [3.8, 4) is 0 Å². The number of rotatable bonds is 9. The molecule has 0 aromatic carbocycles. The second-order valence-corrected chi connectivity index (χ2v) is 4.04. The molecule has 0 heterocycles. The first kappa shape index (κ1) is 13.4. The molecule has 2 nitrogen and oxygen atoms in total. The summed E-state index contributed by atoms with van der Waals surface area (Å²) in [7, 11) is 2.16. The van der Waals surface area contributed by atoms with Gasteiger partial charge in [0, 0.05) is 18.5 Å². The molecule has 0 N–H and O–H groups in total. The van der Waals surface area contributed by atoms with Gasteiger partial charge in [0.1, 0.15) is 0 Å². The highest BCUT2D eigenvalue weighted by Crippen LogP contribution is 1.99. The van der Waals surface area contributed by atoms with Gasteiger partial charge in [-0.1, -0.05) is 22.4 Å². The van der Waals surface area contributed by atoms with Gasteiger partial charge < -0.3 is 9.64 Å². The van der Waals surface area contributed by atoms with Crippen molar-refractivity contribution in [3.63, 3.8) is 0 Å². The molecule has 0 aliphatic heterocycles. The number of unbranched alkanes of at least 4 members (excludes halogenated alkanes) is 2. The Morgan fingerprint density at radius 1 is 1.15 bits per heavy atom. The summed E-state index contributed by atoms with van der Waals surface area (Å²) in [5.74, 6) is 0. The Kier molecular flexibility index (Phi) is 10.8. The summed E-state index contributed by atoms with van der Waals surface area (Å²) in [6, 6.07) is 0. The van der Waals surface area contributed by atoms with Crippen molar-refractivity contribution in [2.75, 3.05) is 38.7 Å². The smallest absolute Gasteiger partial charge is 0.0593 e. The van der Waals surface area contributed by atoms with Crippen LogP contribution in [0.25, 0.3) is 0 Å². The number of ether oxygens (including phenoxy) is 1. The van der Waals surface area contributed by atoms with Crippen molar-refractivity contribution in [1.82, 2.24) is 4.90 Å². The molecule has 0 fully saturated rings. The minimum Gasteiger partial charge on any atom is -0.380 e. The van der Waals surface area contributed by atoms with Crippen LogP contribution in [0.3, 0.4) is 0 Å². The molecule has 0 aliphatic rings. The van der Waals surface area contributed by atoms with Crippen LogP contribution in [-0.4, -0.2) is 43.6 Å². The molecule has 0 radical (unpaired) electrons. The van der Waals surface area contributed by atoms with Crippen molar-refractivity contribution in [3.05, 3.63) is 0 Å². The molecule has 0 saturated heterocycles. The highest BCUT2D eigenvalue weighted by molar-refractivity contribution is 9.09. The van der Waals surface area contributed by atoms with Crippen molar-refractivity contribution in [2.45, 2.75) is 26.2 Å². The largest absolute Gasteiger partial charge is 0.380 e. The van der Waals surface area contributed by atoms with Crippen LogP contribution < -0.4 is 0 Å². The molecule has 0 aliphatic carbocycles. The number of alkyl halides is 1. The fourth-order valence-corrected chi connectivity index (χ4v) is 1.53. The lowest BCUT2D eigenvalue weighted by molar-refractivity contribution is 0.121. The fraction of sp³-hybridized carbons (Fsp3) is 1.00. The van der Waals surface area contributed by atoms with E-state index in [0.717, 1.165) is 25.1 Å². The summed E-state index contributed by atoms with van der Waals surface area (Å²) in [4.78, 5) is 2.34. The van der Waals surface area contributed by atoms with Crippen LogP contribution in [0.2, 0.25) is 0 Å². The van der Waals surface area contributed by atoms with Crippen LogP contribution in [0.4, 0.5) is 0 Å². The first-order valence-corrected chi connectivity index (χ1v) is 6.25. The Morgan fingerprint density at radius 2 is 1.92 bits per heavy atom. The minimum absolute atomic E-state index is 0.831. The Morgan fingerprint density at radius 3 is 2.54 bits per heavy atom. The highest BCUT2D eigenvalue weighted by Gasteiger charge is 1.96. The average molecular weight is 252 g/mol. The van der Waals surface area contributed by atoms with E-state index in [1.807, 2.05) is 6.92 Å². The first-order valence-electron chi connectivity index (χ1n) is 5.13. The number of hydrogen-bond acceptors (Lipinski definition) is 2. The standard InChI is InChI=1S/C10H22BrNO/c1-3-13-10-9-12(2)8-6-4-5-7-11/h3-10H2,1-2H3. The van der Waals surface area contributed by atoms with Crippen molar-refractivity contribution in [2.24, 2.45) is 0 Å². The molecule has 0 unspecified atom stereocenters. The first-order chi connectivity index (χ1) is 6.31. The maximum absolute atomic E-state index is 5.28. The summed E-state index contributed by atoms with van der Waals surface area (Å²) < 4.78 is 5.28. The second-order valence-electron chi connectivity index (χ2n) is 3.25. The van der Waals surface area contributed by atoms with Gasteiger partial charge in [-0.2, -0.15) is 0 Å². The molecule has 0 aromatic heterocycles. The fourth-order valence-electron chi connectivity index (χ4n) is 1.13. The van der Waals surface area contributed by atoms with Gasteiger partial charge in [0.15, 0.2) is 0 Å². The zero-order valence-corrected chi connectivity index (χ0v) is 10.5. The monoisotopic (exact) mass is 251 g/mol. The van der Waals surface area contributed by atoms with Crippen molar-refractivity contribution in [1.29, 1.82) is 0 Å². The summed E-state index contributed by atoms with van der Waals surface area (Å²) in [5.41, 5.74) is 0. The quantitative estimate of drug-likeness (QED) is 0.462. The van der Waals surface area contributed by atoms with Gasteiger partial charge >= 0.3 is 0 Å². The van der Waals surface area contributed by atoms with E-state index in [1.54, 1.807) is 0 Å². The molecule has 13 heavy (non-hydrogen) atoms. The van der Waals surface area contributed by atoms with Gasteiger partial charge in [-0.05, 0) is 33.4 Å². The van der Waals surface area contributed by atoms with Gasteiger partial charge in [-0.3, -0.25) is 0 Å². The van der Waals surface area contributed by atoms with E-state index in [-0.39, 0.29) is 0 Å². The Labute approximate surface area is 90.8 Å². The summed E-state index contributed by atoms with van der Waals surface area (Å²) in [6.45, 7) is 5.99. The number of nitrogens with zero attached hydrogens (tertiary/aromatic N) is 1. The van der Waals surface area contributed by atoms with E-state index in [1.165, 1.54) is 25.8 Å². The zero-order valence-electron chi connectivity index (χ0n) is 8.89. The topological polar surface area (TPSA) is 12.5 Å². The summed E-state index contributed by atoms with van der Waals surface area (Å²) in [6.07, 6.45) is 3.91. The molecule has 0 aromatic rings. The van der Waals surface area contributed by atoms with Gasteiger partial charge in [-0.15, -0.1) is 0 Å². The molecular weight excluding hydrogens is 230 g/mol. The molecule has 80 valence electrons. The lowest BCUT2D eigenvalue weighted by Gasteiger charge is -2.15. The molecule has 0 rings (SSSR count). The van der Waals surface area contributed by atoms with Crippen molar-refractivity contribution >= 4 is 15.9 Å². The molecule has 0 bridgehead atoms. The van der Waals surface area contributed by atoms with Gasteiger partial charge in [0.2, 0.25) is 0 Å². The molecule has 0 saturated carbocycles. The lowest BCUT2D eigenvalue weighted by atomic mass is 10.2. The third-order valence-electron chi connectivity index (χ3n) is 1.99. The molecule has 3 heteroatoms. The van der Waals surface area contributed by atoms with Crippen LogP contribution in [0, 0.1) is 0 Å². The van der Waals surface area contributed by atoms with Crippen LogP contribution in [0.15, 0.2) is 0 Å². The lowest BCUT2D eigenvalue weighted by Crippen LogP contribution is -2.24.